The van der Waals surface area contributed by atoms with Gasteiger partial charge in [-0.05, 0) is 32.9 Å². The van der Waals surface area contributed by atoms with Crippen LogP contribution in [0.2, 0.25) is 0 Å². The zero-order chi connectivity index (χ0) is 24.5. The van der Waals surface area contributed by atoms with Gasteiger partial charge in [0.1, 0.15) is 0 Å². The van der Waals surface area contributed by atoms with Crippen molar-refractivity contribution in [1.82, 2.24) is 4.90 Å². The fourth-order valence-corrected chi connectivity index (χ4v) is 4.92. The Bertz CT molecular complexity index is 366. The molecular weight excluding hydrogens is 400 g/mol. The highest BCUT2D eigenvalue weighted by Crippen LogP contribution is 2.14. The van der Waals surface area contributed by atoms with Gasteiger partial charge in [0.15, 0.2) is 0 Å². The number of nitrogens with zero attached hydrogens (tertiary/aromatic N) is 2. The van der Waals surface area contributed by atoms with Crippen LogP contribution in [0.4, 0.5) is 0 Å². The molecule has 0 saturated heterocycles. The first-order valence-electron chi connectivity index (χ1n) is 15.5. The summed E-state index contributed by atoms with van der Waals surface area (Å²) in [5.74, 6) is 0. The van der Waals surface area contributed by atoms with Crippen molar-refractivity contribution in [3.8, 4) is 0 Å². The Balaban J connectivity index is 3.36. The Morgan fingerprint density at radius 3 is 1.12 bits per heavy atom. The van der Waals surface area contributed by atoms with E-state index in [1.165, 1.54) is 172 Å². The van der Waals surface area contributed by atoms with Crippen LogP contribution in [0, 0.1) is 0 Å². The fourth-order valence-electron chi connectivity index (χ4n) is 4.92. The Morgan fingerprint density at radius 1 is 0.394 bits per heavy atom. The third-order valence-corrected chi connectivity index (χ3v) is 7.60. The van der Waals surface area contributed by atoms with Gasteiger partial charge >= 0.3 is 0 Å². The van der Waals surface area contributed by atoms with Crippen molar-refractivity contribution in [2.75, 3.05) is 47.3 Å². The lowest BCUT2D eigenvalue weighted by Crippen LogP contribution is -2.45. The molecule has 0 atom stereocenters. The minimum Gasteiger partial charge on any atom is -0.327 e. The van der Waals surface area contributed by atoms with E-state index in [-0.39, 0.29) is 0 Å². The van der Waals surface area contributed by atoms with Crippen molar-refractivity contribution in [3.05, 3.63) is 0 Å². The van der Waals surface area contributed by atoms with Crippen molar-refractivity contribution in [2.45, 2.75) is 155 Å². The van der Waals surface area contributed by atoms with E-state index in [2.05, 4.69) is 39.9 Å². The van der Waals surface area contributed by atoms with E-state index < -0.39 is 0 Å². The monoisotopic (exact) mass is 468 g/mol. The molecule has 0 spiro atoms. The lowest BCUT2D eigenvalue weighted by atomic mass is 10.0. The fraction of sp³-hybridized carbons (Fsp3) is 1.00. The molecule has 0 aromatic heterocycles. The average Bonchev–Trinajstić information content (AvgIpc) is 2.80. The molecule has 0 bridgehead atoms. The minimum absolute atomic E-state index is 1.19. The van der Waals surface area contributed by atoms with Gasteiger partial charge in [0.2, 0.25) is 0 Å². The lowest BCUT2D eigenvalue weighted by Gasteiger charge is -2.31. The van der Waals surface area contributed by atoms with Crippen molar-refractivity contribution in [2.24, 2.45) is 0 Å². The van der Waals surface area contributed by atoms with Crippen molar-refractivity contribution in [3.63, 3.8) is 0 Å². The summed E-state index contributed by atoms with van der Waals surface area (Å²) < 4.78 is 1.19. The van der Waals surface area contributed by atoms with Gasteiger partial charge in [-0.3, -0.25) is 0 Å². The summed E-state index contributed by atoms with van der Waals surface area (Å²) in [5, 5.41) is 0. The van der Waals surface area contributed by atoms with Gasteiger partial charge in [0.05, 0.1) is 27.2 Å². The molecular formula is C31H67N2+. The Kier molecular flexibility index (Phi) is 25.0. The van der Waals surface area contributed by atoms with Gasteiger partial charge in [-0.25, -0.2) is 0 Å². The Morgan fingerprint density at radius 2 is 0.727 bits per heavy atom. The Hall–Kier alpha value is -0.0800. The van der Waals surface area contributed by atoms with Gasteiger partial charge in [-0.15, -0.1) is 0 Å². The molecule has 0 saturated carbocycles. The van der Waals surface area contributed by atoms with Crippen LogP contribution in [0.25, 0.3) is 0 Å². The highest BCUT2D eigenvalue weighted by atomic mass is 15.3. The predicted octanol–water partition coefficient (Wildman–Crippen LogP) is 9.62. The molecule has 0 fully saturated rings. The summed E-state index contributed by atoms with van der Waals surface area (Å²) >= 11 is 0. The van der Waals surface area contributed by atoms with Crippen LogP contribution in [-0.2, 0) is 0 Å². The molecule has 0 N–H and O–H groups in total. The summed E-state index contributed by atoms with van der Waals surface area (Å²) in [6.07, 6.45) is 31.8. The van der Waals surface area contributed by atoms with Crippen LogP contribution >= 0.6 is 0 Å². The highest BCUT2D eigenvalue weighted by Gasteiger charge is 2.15. The van der Waals surface area contributed by atoms with Crippen LogP contribution in [0.3, 0.4) is 0 Å². The lowest BCUT2D eigenvalue weighted by molar-refractivity contribution is -0.890. The maximum Gasteiger partial charge on any atom is 0.0911 e. The third kappa shape index (κ3) is 26.4. The van der Waals surface area contributed by atoms with Crippen LogP contribution < -0.4 is 0 Å². The van der Waals surface area contributed by atoms with Gasteiger partial charge in [-0.2, -0.15) is 0 Å². The van der Waals surface area contributed by atoms with E-state index in [9.17, 15) is 0 Å². The molecule has 0 aliphatic carbocycles. The molecule has 0 heterocycles. The molecule has 200 valence electrons. The molecule has 2 nitrogen and oxygen atoms in total. The highest BCUT2D eigenvalue weighted by molar-refractivity contribution is 4.54. The number of rotatable bonds is 27. The molecule has 0 unspecified atom stereocenters. The topological polar surface area (TPSA) is 3.24 Å². The first kappa shape index (κ1) is 32.9. The van der Waals surface area contributed by atoms with E-state index in [1.807, 2.05) is 0 Å². The number of hydrogen-bond donors (Lipinski definition) is 0. The minimum atomic E-state index is 1.19. The summed E-state index contributed by atoms with van der Waals surface area (Å²) in [5.41, 5.74) is 0. The van der Waals surface area contributed by atoms with Crippen LogP contribution in [-0.4, -0.2) is 56.7 Å². The van der Waals surface area contributed by atoms with Crippen LogP contribution in [0.1, 0.15) is 155 Å². The number of likely N-dealkylation sites (N-methyl/N-ethyl adjacent to an activating group) is 2. The maximum atomic E-state index is 2.57. The van der Waals surface area contributed by atoms with E-state index in [1.54, 1.807) is 0 Å². The maximum absolute atomic E-state index is 2.57. The van der Waals surface area contributed by atoms with Gasteiger partial charge in [-0.1, -0.05) is 136 Å². The molecule has 2 heteroatoms. The smallest absolute Gasteiger partial charge is 0.0911 e. The zero-order valence-electron chi connectivity index (χ0n) is 24.3. The number of hydrogen-bond acceptors (Lipinski definition) is 1. The average molecular weight is 468 g/mol. The molecule has 0 rings (SSSR count). The standard InChI is InChI=1S/C31H67N2/c1-6-8-10-12-14-15-16-17-18-19-20-21-22-23-24-26-28-32(3)29-31-33(4,5)30-27-25-13-11-9-7-2/h6-31H2,1-5H3/q+1. The summed E-state index contributed by atoms with van der Waals surface area (Å²) in [6, 6.07) is 0. The van der Waals surface area contributed by atoms with Crippen LogP contribution in [0.15, 0.2) is 0 Å². The normalized spacial score (nSPS) is 12.2. The summed E-state index contributed by atoms with van der Waals surface area (Å²) in [4.78, 5) is 2.57. The van der Waals surface area contributed by atoms with E-state index in [4.69, 9.17) is 0 Å². The first-order chi connectivity index (χ1) is 16.0. The summed E-state index contributed by atoms with van der Waals surface area (Å²) in [7, 11) is 7.18. The molecule has 0 amide bonds. The molecule has 0 aliphatic heterocycles. The predicted molar refractivity (Wildman–Crippen MR) is 152 cm³/mol. The first-order valence-corrected chi connectivity index (χ1v) is 15.5. The zero-order valence-corrected chi connectivity index (χ0v) is 24.3. The second-order valence-corrected chi connectivity index (χ2v) is 11.8. The van der Waals surface area contributed by atoms with Crippen molar-refractivity contribution < 1.29 is 4.48 Å². The second-order valence-electron chi connectivity index (χ2n) is 11.8. The van der Waals surface area contributed by atoms with Gasteiger partial charge in [0.25, 0.3) is 0 Å². The van der Waals surface area contributed by atoms with E-state index in [0.29, 0.717) is 0 Å². The SMILES string of the molecule is CCCCCCCCCCCCCCCCCCN(C)CC[N+](C)(C)CCCCCCCC. The number of quaternary nitrogens is 1. The van der Waals surface area contributed by atoms with Crippen molar-refractivity contribution >= 4 is 0 Å². The second kappa shape index (κ2) is 25.0. The van der Waals surface area contributed by atoms with E-state index >= 15 is 0 Å². The van der Waals surface area contributed by atoms with Crippen molar-refractivity contribution in [1.29, 1.82) is 0 Å². The van der Waals surface area contributed by atoms with Crippen LogP contribution in [0.5, 0.6) is 0 Å². The number of unbranched alkanes of at least 4 members (excludes halogenated alkanes) is 20. The summed E-state index contributed by atoms with van der Waals surface area (Å²) in [6.45, 7) is 9.79. The molecule has 33 heavy (non-hydrogen) atoms. The Labute approximate surface area is 211 Å². The molecule has 0 aromatic carbocycles. The van der Waals surface area contributed by atoms with E-state index in [0.717, 1.165) is 0 Å². The molecule has 0 radical (unpaired) electrons. The quantitative estimate of drug-likeness (QED) is 0.0858. The molecule has 0 aliphatic rings. The molecule has 0 aromatic rings. The third-order valence-electron chi connectivity index (χ3n) is 7.60. The van der Waals surface area contributed by atoms with Gasteiger partial charge in [0, 0.05) is 6.54 Å². The van der Waals surface area contributed by atoms with Gasteiger partial charge < -0.3 is 9.38 Å². The largest absolute Gasteiger partial charge is 0.327 e.